The molecule has 0 aliphatic heterocycles. The maximum Gasteiger partial charge on any atom is 0.269 e. The van der Waals surface area contributed by atoms with Gasteiger partial charge in [-0.1, -0.05) is 13.8 Å². The van der Waals surface area contributed by atoms with E-state index in [0.29, 0.717) is 18.2 Å². The van der Waals surface area contributed by atoms with Gasteiger partial charge < -0.3 is 10.6 Å². The minimum absolute atomic E-state index is 0.202. The molecule has 1 amide bonds. The van der Waals surface area contributed by atoms with Crippen molar-refractivity contribution in [2.24, 2.45) is 5.92 Å². The number of aromatic nitrogens is 1. The number of benzene rings is 1. The third-order valence-corrected chi connectivity index (χ3v) is 2.80. The van der Waals surface area contributed by atoms with Crippen LogP contribution in [0.25, 0.3) is 0 Å². The molecule has 0 saturated carbocycles. The monoisotopic (exact) mass is 287 g/mol. The fourth-order valence-electron chi connectivity index (χ4n) is 1.72. The first-order valence-electron chi connectivity index (χ1n) is 6.81. The predicted octanol–water partition coefficient (Wildman–Crippen LogP) is 3.35. The lowest BCUT2D eigenvalue weighted by Gasteiger charge is -2.09. The van der Waals surface area contributed by atoms with Crippen molar-refractivity contribution in [3.63, 3.8) is 0 Å². The van der Waals surface area contributed by atoms with Crippen LogP contribution >= 0.6 is 0 Å². The molecule has 0 spiro atoms. The molecule has 0 aliphatic carbocycles. The maximum atomic E-state index is 12.9. The third kappa shape index (κ3) is 4.56. The smallest absolute Gasteiger partial charge is 0.269 e. The fourth-order valence-corrected chi connectivity index (χ4v) is 1.72. The van der Waals surface area contributed by atoms with E-state index in [4.69, 9.17) is 0 Å². The quantitative estimate of drug-likeness (QED) is 0.886. The highest BCUT2D eigenvalue weighted by molar-refractivity contribution is 5.93. The van der Waals surface area contributed by atoms with E-state index < -0.39 is 0 Å². The van der Waals surface area contributed by atoms with Crippen LogP contribution in [0.4, 0.5) is 15.8 Å². The first-order chi connectivity index (χ1) is 10.0. The fraction of sp³-hybridized carbons (Fsp3) is 0.250. The minimum Gasteiger partial charge on any atom is -0.355 e. The molecule has 110 valence electrons. The number of hydrogen-bond acceptors (Lipinski definition) is 3. The van der Waals surface area contributed by atoms with Gasteiger partial charge in [-0.25, -0.2) is 4.39 Å². The Kier molecular flexibility index (Phi) is 4.87. The van der Waals surface area contributed by atoms with E-state index >= 15 is 0 Å². The number of hydrogen-bond donors (Lipinski definition) is 2. The molecule has 0 bridgehead atoms. The van der Waals surface area contributed by atoms with Crippen LogP contribution in [-0.4, -0.2) is 17.4 Å². The molecule has 0 fully saturated rings. The van der Waals surface area contributed by atoms with Crippen LogP contribution < -0.4 is 10.6 Å². The molecule has 2 aromatic rings. The van der Waals surface area contributed by atoms with Crippen LogP contribution in [0.3, 0.4) is 0 Å². The van der Waals surface area contributed by atoms with Gasteiger partial charge in [0.25, 0.3) is 5.91 Å². The van der Waals surface area contributed by atoms with Gasteiger partial charge in [0.2, 0.25) is 0 Å². The van der Waals surface area contributed by atoms with Crippen LogP contribution in [-0.2, 0) is 0 Å². The number of halogens is 1. The Morgan fingerprint density at radius 1 is 1.19 bits per heavy atom. The highest BCUT2D eigenvalue weighted by Gasteiger charge is 2.08. The van der Waals surface area contributed by atoms with Crippen LogP contribution in [0.2, 0.25) is 0 Å². The molecular weight excluding hydrogens is 269 g/mol. The van der Waals surface area contributed by atoms with E-state index in [1.54, 1.807) is 30.5 Å². The average Bonchev–Trinajstić information content (AvgIpc) is 2.47. The first kappa shape index (κ1) is 15.0. The van der Waals surface area contributed by atoms with Crippen molar-refractivity contribution < 1.29 is 9.18 Å². The zero-order valence-corrected chi connectivity index (χ0v) is 12.1. The molecule has 1 aromatic heterocycles. The lowest BCUT2D eigenvalue weighted by Crippen LogP contribution is -2.28. The molecule has 0 atom stereocenters. The Hall–Kier alpha value is -2.43. The van der Waals surface area contributed by atoms with Crippen molar-refractivity contribution in [2.45, 2.75) is 13.8 Å². The lowest BCUT2D eigenvalue weighted by molar-refractivity contribution is 0.0944. The molecule has 1 heterocycles. The summed E-state index contributed by atoms with van der Waals surface area (Å²) >= 11 is 0. The summed E-state index contributed by atoms with van der Waals surface area (Å²) < 4.78 is 12.9. The summed E-state index contributed by atoms with van der Waals surface area (Å²) in [5, 5.41) is 5.92. The molecule has 4 nitrogen and oxygen atoms in total. The van der Waals surface area contributed by atoms with Crippen LogP contribution in [0.15, 0.2) is 42.6 Å². The normalized spacial score (nSPS) is 10.5. The van der Waals surface area contributed by atoms with Crippen molar-refractivity contribution in [3.05, 3.63) is 54.1 Å². The summed E-state index contributed by atoms with van der Waals surface area (Å²) in [5.41, 5.74) is 1.82. The molecule has 1 aromatic carbocycles. The summed E-state index contributed by atoms with van der Waals surface area (Å²) in [6, 6.07) is 9.43. The van der Waals surface area contributed by atoms with Gasteiger partial charge in [0.05, 0.1) is 0 Å². The zero-order chi connectivity index (χ0) is 15.2. The van der Waals surface area contributed by atoms with Crippen molar-refractivity contribution in [2.75, 3.05) is 11.9 Å². The van der Waals surface area contributed by atoms with Gasteiger partial charge in [-0.2, -0.15) is 0 Å². The summed E-state index contributed by atoms with van der Waals surface area (Å²) in [6.07, 6.45) is 1.57. The second-order valence-electron chi connectivity index (χ2n) is 5.17. The average molecular weight is 287 g/mol. The van der Waals surface area contributed by atoms with Gasteiger partial charge in [0, 0.05) is 24.1 Å². The molecule has 0 saturated heterocycles. The third-order valence-electron chi connectivity index (χ3n) is 2.80. The largest absolute Gasteiger partial charge is 0.355 e. The number of anilines is 2. The van der Waals surface area contributed by atoms with E-state index in [-0.39, 0.29) is 11.7 Å². The summed E-state index contributed by atoms with van der Waals surface area (Å²) in [7, 11) is 0. The van der Waals surface area contributed by atoms with Crippen molar-refractivity contribution in [1.29, 1.82) is 0 Å². The predicted molar refractivity (Wildman–Crippen MR) is 81.1 cm³/mol. The molecule has 2 N–H and O–H groups in total. The molecule has 0 aliphatic rings. The summed E-state index contributed by atoms with van der Waals surface area (Å²) in [5.74, 6) is -0.107. The van der Waals surface area contributed by atoms with Crippen molar-refractivity contribution in [3.8, 4) is 0 Å². The van der Waals surface area contributed by atoms with E-state index in [9.17, 15) is 9.18 Å². The highest BCUT2D eigenvalue weighted by atomic mass is 19.1. The van der Waals surface area contributed by atoms with Crippen LogP contribution in [0.5, 0.6) is 0 Å². The van der Waals surface area contributed by atoms with Gasteiger partial charge in [-0.15, -0.1) is 0 Å². The van der Waals surface area contributed by atoms with Crippen LogP contribution in [0, 0.1) is 11.7 Å². The Labute approximate surface area is 123 Å². The van der Waals surface area contributed by atoms with Crippen molar-refractivity contribution >= 4 is 17.3 Å². The number of nitrogens with zero attached hydrogens (tertiary/aromatic N) is 1. The molecule has 21 heavy (non-hydrogen) atoms. The zero-order valence-electron chi connectivity index (χ0n) is 12.1. The van der Waals surface area contributed by atoms with Gasteiger partial charge in [0.1, 0.15) is 11.5 Å². The summed E-state index contributed by atoms with van der Waals surface area (Å²) in [4.78, 5) is 16.0. The Morgan fingerprint density at radius 3 is 2.57 bits per heavy atom. The number of nitrogens with one attached hydrogen (secondary N) is 2. The molecular formula is C16H18FN3O. The van der Waals surface area contributed by atoms with Gasteiger partial charge in [-0.3, -0.25) is 9.78 Å². The van der Waals surface area contributed by atoms with E-state index in [0.717, 1.165) is 11.4 Å². The second kappa shape index (κ2) is 6.83. The van der Waals surface area contributed by atoms with E-state index in [1.807, 2.05) is 13.8 Å². The lowest BCUT2D eigenvalue weighted by atomic mass is 10.2. The highest BCUT2D eigenvalue weighted by Crippen LogP contribution is 2.17. The number of pyridine rings is 1. The van der Waals surface area contributed by atoms with Crippen LogP contribution in [0.1, 0.15) is 24.3 Å². The van der Waals surface area contributed by atoms with Gasteiger partial charge in [0.15, 0.2) is 0 Å². The second-order valence-corrected chi connectivity index (χ2v) is 5.17. The molecule has 2 rings (SSSR count). The number of carbonyl (C=O) groups excluding carboxylic acids is 1. The van der Waals surface area contributed by atoms with Gasteiger partial charge >= 0.3 is 0 Å². The number of amides is 1. The Morgan fingerprint density at radius 2 is 1.90 bits per heavy atom. The molecule has 0 unspecified atom stereocenters. The van der Waals surface area contributed by atoms with E-state index in [2.05, 4.69) is 15.6 Å². The standard InChI is InChI=1S/C16H18FN3O/c1-11(2)10-19-16(21)15-9-14(7-8-18-15)20-13-5-3-12(17)4-6-13/h3-9,11H,10H2,1-2H3,(H,18,20)(H,19,21). The number of carbonyl (C=O) groups is 1. The SMILES string of the molecule is CC(C)CNC(=O)c1cc(Nc2ccc(F)cc2)ccn1. The Bertz CT molecular complexity index is 611. The maximum absolute atomic E-state index is 12.9. The summed E-state index contributed by atoms with van der Waals surface area (Å²) in [6.45, 7) is 4.66. The molecule has 0 radical (unpaired) electrons. The Balaban J connectivity index is 2.06. The van der Waals surface area contributed by atoms with Crippen molar-refractivity contribution in [1.82, 2.24) is 10.3 Å². The van der Waals surface area contributed by atoms with Gasteiger partial charge in [-0.05, 0) is 42.3 Å². The molecule has 5 heteroatoms. The van der Waals surface area contributed by atoms with E-state index in [1.165, 1.54) is 12.1 Å². The topological polar surface area (TPSA) is 54.0 Å². The number of rotatable bonds is 5. The first-order valence-corrected chi connectivity index (χ1v) is 6.81. The minimum atomic E-state index is -0.288.